The van der Waals surface area contributed by atoms with Gasteiger partial charge in [0.1, 0.15) is 0 Å². The van der Waals surface area contributed by atoms with Gasteiger partial charge in [-0.25, -0.2) is 0 Å². The predicted octanol–water partition coefficient (Wildman–Crippen LogP) is 13.0. The first-order chi connectivity index (χ1) is 25.9. The minimum atomic E-state index is -0.240. The van der Waals surface area contributed by atoms with Gasteiger partial charge in [-0.05, 0) is 129 Å². The Balaban J connectivity index is 0.000000224. The van der Waals surface area contributed by atoms with E-state index in [1.807, 2.05) is 86.7 Å². The maximum Gasteiger partial charge on any atom is 0.190 e. The molecule has 0 atom stereocenters. The van der Waals surface area contributed by atoms with Crippen molar-refractivity contribution in [2.45, 2.75) is 110 Å². The summed E-state index contributed by atoms with van der Waals surface area (Å²) in [6.45, 7) is 28.9. The van der Waals surface area contributed by atoms with E-state index in [-0.39, 0.29) is 44.8 Å². The molecule has 0 saturated heterocycles. The van der Waals surface area contributed by atoms with Crippen LogP contribution in [0.4, 0.5) is 0 Å². The summed E-state index contributed by atoms with van der Waals surface area (Å²) < 4.78 is 0. The molecular weight excluding hydrogens is 689 g/mol. The number of hydrogen-bond acceptors (Lipinski definition) is 4. The number of carbonyl (C=O) groups is 4. The Morgan fingerprint density at radius 3 is 1.04 bits per heavy atom. The lowest BCUT2D eigenvalue weighted by molar-refractivity contribution is -0.114. The van der Waals surface area contributed by atoms with Crippen molar-refractivity contribution in [2.75, 3.05) is 0 Å². The Kier molecular flexibility index (Phi) is 11.4. The summed E-state index contributed by atoms with van der Waals surface area (Å²) in [7, 11) is 0. The number of rotatable bonds is 4. The van der Waals surface area contributed by atoms with E-state index in [2.05, 4.69) is 95.2 Å². The molecule has 56 heavy (non-hydrogen) atoms. The fourth-order valence-corrected chi connectivity index (χ4v) is 7.56. The van der Waals surface area contributed by atoms with E-state index in [0.29, 0.717) is 0 Å². The molecule has 0 unspecified atom stereocenters. The maximum atomic E-state index is 13.5. The van der Waals surface area contributed by atoms with Gasteiger partial charge in [-0.3, -0.25) is 19.2 Å². The predicted molar refractivity (Wildman–Crippen MR) is 232 cm³/mol. The molecule has 4 aliphatic carbocycles. The van der Waals surface area contributed by atoms with E-state index in [1.165, 1.54) is 0 Å². The lowest BCUT2D eigenvalue weighted by atomic mass is 9.69. The van der Waals surface area contributed by atoms with Crippen molar-refractivity contribution < 1.29 is 19.2 Å². The average Bonchev–Trinajstić information content (AvgIpc) is 3.13. The number of ketones is 4. The molecule has 0 heterocycles. The van der Waals surface area contributed by atoms with Crippen molar-refractivity contribution in [1.29, 1.82) is 0 Å². The van der Waals surface area contributed by atoms with E-state index < -0.39 is 0 Å². The fourth-order valence-electron chi connectivity index (χ4n) is 7.56. The number of carbonyl (C=O) groups excluding carboxylic acids is 4. The molecule has 0 amide bonds. The summed E-state index contributed by atoms with van der Waals surface area (Å²) in [5, 5.41) is 0. The molecule has 2 aromatic rings. The van der Waals surface area contributed by atoms with Crippen molar-refractivity contribution in [3.05, 3.63) is 152 Å². The molecule has 0 aliphatic heterocycles. The van der Waals surface area contributed by atoms with Crippen LogP contribution in [0.1, 0.15) is 142 Å². The second-order valence-corrected chi connectivity index (χ2v) is 19.0. The third-order valence-corrected chi connectivity index (χ3v) is 12.0. The Morgan fingerprint density at radius 2 is 0.714 bits per heavy atom. The first kappa shape index (κ1) is 42.2. The maximum absolute atomic E-state index is 13.5. The largest absolute Gasteiger partial charge is 0.289 e. The van der Waals surface area contributed by atoms with E-state index in [0.717, 1.165) is 90.8 Å². The fraction of sp³-hybridized carbons (Fsp3) is 0.385. The minimum Gasteiger partial charge on any atom is -0.289 e. The van der Waals surface area contributed by atoms with Crippen molar-refractivity contribution in [3.63, 3.8) is 0 Å². The molecule has 4 nitrogen and oxygen atoms in total. The Bertz CT molecular complexity index is 2140. The van der Waals surface area contributed by atoms with Crippen molar-refractivity contribution >= 4 is 34.3 Å². The van der Waals surface area contributed by atoms with Crippen molar-refractivity contribution in [2.24, 2.45) is 21.7 Å². The highest BCUT2D eigenvalue weighted by molar-refractivity contribution is 6.24. The van der Waals surface area contributed by atoms with E-state index in [4.69, 9.17) is 0 Å². The molecule has 0 N–H and O–H groups in total. The van der Waals surface area contributed by atoms with Crippen LogP contribution in [-0.2, 0) is 9.59 Å². The molecule has 292 valence electrons. The monoisotopic (exact) mass is 748 g/mol. The van der Waals surface area contributed by atoms with Gasteiger partial charge in [0.25, 0.3) is 0 Å². The first-order valence-corrected chi connectivity index (χ1v) is 20.1. The van der Waals surface area contributed by atoms with Crippen LogP contribution in [0.5, 0.6) is 0 Å². The van der Waals surface area contributed by atoms with Gasteiger partial charge in [-0.2, -0.15) is 0 Å². The molecule has 0 aromatic heterocycles. The summed E-state index contributed by atoms with van der Waals surface area (Å²) in [4.78, 5) is 51.9. The van der Waals surface area contributed by atoms with Crippen LogP contribution < -0.4 is 0 Å². The van der Waals surface area contributed by atoms with Crippen molar-refractivity contribution in [3.8, 4) is 0 Å². The molecule has 0 bridgehead atoms. The molecular formula is C52H60O4. The van der Waals surface area contributed by atoms with E-state index in [1.54, 1.807) is 0 Å². The second-order valence-electron chi connectivity index (χ2n) is 19.0. The zero-order valence-corrected chi connectivity index (χ0v) is 36.1. The van der Waals surface area contributed by atoms with Gasteiger partial charge in [0, 0.05) is 33.4 Å². The van der Waals surface area contributed by atoms with Gasteiger partial charge in [0.05, 0.1) is 0 Å². The molecule has 0 radical (unpaired) electrons. The van der Waals surface area contributed by atoms with Crippen LogP contribution in [-0.4, -0.2) is 23.1 Å². The standard InChI is InChI=1S/C30H32O2.C22H28O2/c1-7-29(3,4)25-17-23(19-13-9-11-15-21(19)27(25)31)24-18-26(30(5,6)8-2)28(32)22-16-12-10-14-20(22)24;1-13-9-15(10-14(2)19(13)23)16-11-17(21(3,4)5)20(24)18(12-16)22(6,7)8/h9-18H,7-8H2,1-6H3;9-12H,1-8H3/b24-23+;. The number of hydrogen-bond donors (Lipinski definition) is 0. The van der Waals surface area contributed by atoms with Crippen LogP contribution in [0.2, 0.25) is 0 Å². The topological polar surface area (TPSA) is 68.3 Å². The lowest BCUT2D eigenvalue weighted by Crippen LogP contribution is -2.28. The van der Waals surface area contributed by atoms with Crippen molar-refractivity contribution in [1.82, 2.24) is 0 Å². The van der Waals surface area contributed by atoms with Gasteiger partial charge in [-0.15, -0.1) is 0 Å². The average molecular weight is 749 g/mol. The molecule has 2 aromatic carbocycles. The molecule has 6 rings (SSSR count). The third-order valence-electron chi connectivity index (χ3n) is 12.0. The zero-order chi connectivity index (χ0) is 41.7. The minimum absolute atomic E-state index is 0.0892. The molecule has 0 spiro atoms. The summed E-state index contributed by atoms with van der Waals surface area (Å²) in [5.74, 6) is 0.434. The number of benzene rings is 2. The summed E-state index contributed by atoms with van der Waals surface area (Å²) >= 11 is 0. The second kappa shape index (κ2) is 15.2. The molecule has 4 aliphatic rings. The molecule has 0 fully saturated rings. The normalized spacial score (nSPS) is 19.2. The Morgan fingerprint density at radius 1 is 0.393 bits per heavy atom. The highest BCUT2D eigenvalue weighted by Gasteiger charge is 2.38. The van der Waals surface area contributed by atoms with Gasteiger partial charge >= 0.3 is 0 Å². The van der Waals surface area contributed by atoms with Gasteiger partial charge in [-0.1, -0.05) is 132 Å². The van der Waals surface area contributed by atoms with Crippen LogP contribution >= 0.6 is 0 Å². The van der Waals surface area contributed by atoms with Crippen LogP contribution in [0.3, 0.4) is 0 Å². The van der Waals surface area contributed by atoms with Crippen LogP contribution in [0, 0.1) is 21.7 Å². The van der Waals surface area contributed by atoms with E-state index in [9.17, 15) is 19.2 Å². The number of Topliss-reactive ketones (excluding diaryl/α,β-unsaturated/α-hetero) is 4. The smallest absolute Gasteiger partial charge is 0.190 e. The highest BCUT2D eigenvalue weighted by Crippen LogP contribution is 2.47. The quantitative estimate of drug-likeness (QED) is 0.312. The summed E-state index contributed by atoms with van der Waals surface area (Å²) in [6, 6.07) is 15.7. The van der Waals surface area contributed by atoms with Crippen LogP contribution in [0.25, 0.3) is 11.1 Å². The highest BCUT2D eigenvalue weighted by atomic mass is 16.1. The third kappa shape index (κ3) is 7.99. The SMILES string of the molecule is CC1=CC(=C2C=C(C(C)(C)C)C(=O)C(C(C)(C)C)=C2)C=C(C)C1=O.CCC(C)(C)C1=C/C(=C2/C=C(C(C)(C)CC)C(=O)c3ccccc32)c2ccccc2C1=O. The Labute approximate surface area is 335 Å². The lowest BCUT2D eigenvalue weighted by Gasteiger charge is -2.33. The molecule has 4 heteroatoms. The number of allylic oxidation sites excluding steroid dienone is 16. The zero-order valence-electron chi connectivity index (χ0n) is 36.1. The van der Waals surface area contributed by atoms with Crippen LogP contribution in [0.15, 0.2) is 130 Å². The summed E-state index contributed by atoms with van der Waals surface area (Å²) in [6.07, 6.45) is 13.8. The molecule has 0 saturated carbocycles. The van der Waals surface area contributed by atoms with E-state index >= 15 is 0 Å². The summed E-state index contributed by atoms with van der Waals surface area (Å²) in [5.41, 5.74) is 11.3. The van der Waals surface area contributed by atoms with Gasteiger partial charge in [0.15, 0.2) is 23.1 Å². The number of fused-ring (bicyclic) bond motifs is 2. The Hall–Kier alpha value is -4.96. The van der Waals surface area contributed by atoms with Gasteiger partial charge in [0.2, 0.25) is 0 Å². The van der Waals surface area contributed by atoms with Gasteiger partial charge < -0.3 is 0 Å². The first-order valence-electron chi connectivity index (χ1n) is 20.1.